The summed E-state index contributed by atoms with van der Waals surface area (Å²) in [6, 6.07) is 1.11. The van der Waals surface area contributed by atoms with Crippen LogP contribution in [-0.2, 0) is 21.3 Å². The monoisotopic (exact) mass is 308 g/mol. The SMILES string of the molecule is COC(=O)Cc1nc(C(F)F)cc(N)c1CBr. The summed E-state index contributed by atoms with van der Waals surface area (Å²) in [6.07, 6.45) is -2.90. The number of methoxy groups -OCH3 is 1. The predicted molar refractivity (Wildman–Crippen MR) is 62.0 cm³/mol. The van der Waals surface area contributed by atoms with Gasteiger partial charge in [-0.05, 0) is 6.07 Å². The number of halogens is 3. The number of aromatic nitrogens is 1. The molecule has 17 heavy (non-hydrogen) atoms. The molecule has 1 rings (SSSR count). The van der Waals surface area contributed by atoms with Crippen LogP contribution in [0.25, 0.3) is 0 Å². The fourth-order valence-electron chi connectivity index (χ4n) is 1.29. The molecule has 0 unspecified atom stereocenters. The van der Waals surface area contributed by atoms with Crippen molar-refractivity contribution in [2.45, 2.75) is 18.2 Å². The first-order valence-electron chi connectivity index (χ1n) is 4.68. The molecule has 0 aliphatic carbocycles. The van der Waals surface area contributed by atoms with E-state index >= 15 is 0 Å². The molecular formula is C10H11BrF2N2O2. The second-order valence-corrected chi connectivity index (χ2v) is 3.81. The van der Waals surface area contributed by atoms with Crippen molar-refractivity contribution in [2.24, 2.45) is 0 Å². The molecule has 0 fully saturated rings. The van der Waals surface area contributed by atoms with Gasteiger partial charge in [0.05, 0.1) is 19.2 Å². The lowest BCUT2D eigenvalue weighted by atomic mass is 10.1. The zero-order valence-electron chi connectivity index (χ0n) is 9.04. The van der Waals surface area contributed by atoms with Gasteiger partial charge in [-0.3, -0.25) is 9.78 Å². The largest absolute Gasteiger partial charge is 0.469 e. The maximum Gasteiger partial charge on any atom is 0.311 e. The second kappa shape index (κ2) is 5.90. The Morgan fingerprint density at radius 2 is 2.29 bits per heavy atom. The van der Waals surface area contributed by atoms with E-state index in [4.69, 9.17) is 5.73 Å². The Balaban J connectivity index is 3.19. The van der Waals surface area contributed by atoms with Crippen molar-refractivity contribution in [3.8, 4) is 0 Å². The number of nitrogens with two attached hydrogens (primary N) is 1. The number of carbonyl (C=O) groups excluding carboxylic acids is 1. The van der Waals surface area contributed by atoms with Gasteiger partial charge in [0, 0.05) is 16.6 Å². The smallest absolute Gasteiger partial charge is 0.311 e. The van der Waals surface area contributed by atoms with Gasteiger partial charge in [0.2, 0.25) is 0 Å². The highest BCUT2D eigenvalue weighted by Crippen LogP contribution is 2.25. The molecule has 1 aromatic rings. The van der Waals surface area contributed by atoms with E-state index in [2.05, 4.69) is 25.7 Å². The lowest BCUT2D eigenvalue weighted by Gasteiger charge is -2.11. The molecule has 0 aromatic carbocycles. The van der Waals surface area contributed by atoms with Gasteiger partial charge in [0.25, 0.3) is 6.43 Å². The van der Waals surface area contributed by atoms with Crippen LogP contribution in [0.4, 0.5) is 14.5 Å². The van der Waals surface area contributed by atoms with E-state index in [1.165, 1.54) is 7.11 Å². The first kappa shape index (κ1) is 13.8. The summed E-state index contributed by atoms with van der Waals surface area (Å²) < 4.78 is 29.5. The highest BCUT2D eigenvalue weighted by atomic mass is 79.9. The van der Waals surface area contributed by atoms with Crippen molar-refractivity contribution in [1.82, 2.24) is 4.98 Å². The quantitative estimate of drug-likeness (QED) is 0.684. The van der Waals surface area contributed by atoms with Crippen LogP contribution in [0.2, 0.25) is 0 Å². The number of ether oxygens (including phenoxy) is 1. The number of pyridine rings is 1. The Morgan fingerprint density at radius 1 is 1.65 bits per heavy atom. The van der Waals surface area contributed by atoms with Gasteiger partial charge >= 0.3 is 5.97 Å². The molecule has 0 saturated heterocycles. The van der Waals surface area contributed by atoms with E-state index in [0.717, 1.165) is 6.07 Å². The Hall–Kier alpha value is -1.24. The molecule has 0 spiro atoms. The van der Waals surface area contributed by atoms with Crippen molar-refractivity contribution < 1.29 is 18.3 Å². The molecule has 1 heterocycles. The first-order valence-corrected chi connectivity index (χ1v) is 5.80. The average Bonchev–Trinajstić information content (AvgIpc) is 2.28. The molecule has 0 amide bonds. The van der Waals surface area contributed by atoms with Crippen molar-refractivity contribution in [2.75, 3.05) is 12.8 Å². The van der Waals surface area contributed by atoms with Crippen LogP contribution in [0.1, 0.15) is 23.4 Å². The summed E-state index contributed by atoms with van der Waals surface area (Å²) in [5.74, 6) is -0.550. The van der Waals surface area contributed by atoms with Gasteiger partial charge in [-0.15, -0.1) is 0 Å². The zero-order valence-corrected chi connectivity index (χ0v) is 10.6. The summed E-state index contributed by atoms with van der Waals surface area (Å²) >= 11 is 3.17. The normalized spacial score (nSPS) is 10.6. The zero-order chi connectivity index (χ0) is 13.0. The van der Waals surface area contributed by atoms with Gasteiger partial charge in [-0.1, -0.05) is 15.9 Å². The molecule has 7 heteroatoms. The van der Waals surface area contributed by atoms with Gasteiger partial charge < -0.3 is 10.5 Å². The Bertz CT molecular complexity index is 427. The summed E-state index contributed by atoms with van der Waals surface area (Å²) in [6.45, 7) is 0. The van der Waals surface area contributed by atoms with E-state index in [-0.39, 0.29) is 17.8 Å². The van der Waals surface area contributed by atoms with E-state index < -0.39 is 18.1 Å². The lowest BCUT2D eigenvalue weighted by Crippen LogP contribution is -2.11. The number of hydrogen-bond acceptors (Lipinski definition) is 4. The van der Waals surface area contributed by atoms with Gasteiger partial charge in [-0.25, -0.2) is 8.78 Å². The van der Waals surface area contributed by atoms with Crippen LogP contribution in [0.5, 0.6) is 0 Å². The number of nitrogens with zero attached hydrogens (tertiary/aromatic N) is 1. The molecule has 2 N–H and O–H groups in total. The number of esters is 1. The van der Waals surface area contributed by atoms with Crippen molar-refractivity contribution in [3.05, 3.63) is 23.0 Å². The molecule has 0 atom stereocenters. The predicted octanol–water partition coefficient (Wildman–Crippen LogP) is 2.21. The van der Waals surface area contributed by atoms with E-state index in [9.17, 15) is 13.6 Å². The third-order valence-corrected chi connectivity index (χ3v) is 2.72. The van der Waals surface area contributed by atoms with Crippen molar-refractivity contribution >= 4 is 27.6 Å². The van der Waals surface area contributed by atoms with Crippen LogP contribution in [0.3, 0.4) is 0 Å². The third kappa shape index (κ3) is 3.36. The average molecular weight is 309 g/mol. The highest BCUT2D eigenvalue weighted by molar-refractivity contribution is 9.08. The van der Waals surface area contributed by atoms with Crippen molar-refractivity contribution in [1.29, 1.82) is 0 Å². The maximum absolute atomic E-state index is 12.5. The van der Waals surface area contributed by atoms with Crippen LogP contribution < -0.4 is 5.73 Å². The van der Waals surface area contributed by atoms with Gasteiger partial charge in [0.1, 0.15) is 5.69 Å². The molecule has 4 nitrogen and oxygen atoms in total. The molecule has 1 aromatic heterocycles. The van der Waals surface area contributed by atoms with Crippen LogP contribution in [0, 0.1) is 0 Å². The summed E-state index contributed by atoms with van der Waals surface area (Å²) in [7, 11) is 1.22. The number of anilines is 1. The molecule has 0 bridgehead atoms. The lowest BCUT2D eigenvalue weighted by molar-refractivity contribution is -0.139. The molecule has 94 valence electrons. The highest BCUT2D eigenvalue weighted by Gasteiger charge is 2.17. The minimum atomic E-state index is -2.72. The summed E-state index contributed by atoms with van der Waals surface area (Å²) in [5.41, 5.74) is 6.12. The summed E-state index contributed by atoms with van der Waals surface area (Å²) in [5, 5.41) is 0.335. The topological polar surface area (TPSA) is 65.2 Å². The molecular weight excluding hydrogens is 298 g/mol. The van der Waals surface area contributed by atoms with Crippen LogP contribution >= 0.6 is 15.9 Å². The number of rotatable bonds is 4. The number of carbonyl (C=O) groups is 1. The molecule has 0 saturated carbocycles. The fourth-order valence-corrected chi connectivity index (χ4v) is 1.94. The van der Waals surface area contributed by atoms with Crippen molar-refractivity contribution in [3.63, 3.8) is 0 Å². The number of alkyl halides is 3. The van der Waals surface area contributed by atoms with E-state index in [0.29, 0.717) is 10.9 Å². The minimum absolute atomic E-state index is 0.178. The molecule has 0 aliphatic heterocycles. The van der Waals surface area contributed by atoms with E-state index in [1.807, 2.05) is 0 Å². The summed E-state index contributed by atoms with van der Waals surface area (Å²) in [4.78, 5) is 14.9. The standard InChI is InChI=1S/C10H11BrF2N2O2/c1-17-9(16)3-7-5(4-11)6(14)2-8(15-7)10(12)13/h2,10H,3-4H2,1H3,(H2,14,15). The molecule has 0 radical (unpaired) electrons. The third-order valence-electron chi connectivity index (χ3n) is 2.16. The second-order valence-electron chi connectivity index (χ2n) is 3.25. The van der Waals surface area contributed by atoms with E-state index in [1.54, 1.807) is 0 Å². The van der Waals surface area contributed by atoms with Gasteiger partial charge in [0.15, 0.2) is 0 Å². The fraction of sp³-hybridized carbons (Fsp3) is 0.400. The van der Waals surface area contributed by atoms with Crippen LogP contribution in [-0.4, -0.2) is 18.1 Å². The number of nitrogen functional groups attached to an aromatic ring is 1. The first-order chi connectivity index (χ1) is 7.99. The van der Waals surface area contributed by atoms with Gasteiger partial charge in [-0.2, -0.15) is 0 Å². The Kier molecular flexibility index (Phi) is 4.80. The minimum Gasteiger partial charge on any atom is -0.469 e. The Labute approximate surface area is 105 Å². The van der Waals surface area contributed by atoms with Crippen LogP contribution in [0.15, 0.2) is 6.07 Å². The maximum atomic E-state index is 12.5. The Morgan fingerprint density at radius 3 is 2.76 bits per heavy atom. The molecule has 0 aliphatic rings. The number of hydrogen-bond donors (Lipinski definition) is 1.